The molecule has 0 amide bonds. The fourth-order valence-electron chi connectivity index (χ4n) is 1.36. The van der Waals surface area contributed by atoms with Crippen LogP contribution in [0.5, 0.6) is 0 Å². The lowest BCUT2D eigenvalue weighted by atomic mass is 10.1. The SMILES string of the molecule is CC1C/C=C(/CO)CCOCCN1. The van der Waals surface area contributed by atoms with Crippen LogP contribution in [0.3, 0.4) is 0 Å². The molecule has 0 aromatic carbocycles. The highest BCUT2D eigenvalue weighted by Gasteiger charge is 2.03. The van der Waals surface area contributed by atoms with Gasteiger partial charge in [0.05, 0.1) is 19.8 Å². The molecule has 3 heteroatoms. The normalized spacial score (nSPS) is 30.6. The van der Waals surface area contributed by atoms with Crippen molar-refractivity contribution in [3.63, 3.8) is 0 Å². The standard InChI is InChI=1S/C10H19NO2/c1-9-2-3-10(8-12)4-6-13-7-5-11-9/h3,9,11-12H,2,4-8H2,1H3/b10-3+. The van der Waals surface area contributed by atoms with Crippen molar-refractivity contribution in [1.82, 2.24) is 5.32 Å². The van der Waals surface area contributed by atoms with Crippen molar-refractivity contribution >= 4 is 0 Å². The second kappa shape index (κ2) is 6.13. The summed E-state index contributed by atoms with van der Waals surface area (Å²) in [7, 11) is 0. The number of nitrogens with one attached hydrogen (secondary N) is 1. The fraction of sp³-hybridized carbons (Fsp3) is 0.800. The smallest absolute Gasteiger partial charge is 0.0642 e. The molecule has 0 bridgehead atoms. The Balaban J connectivity index is 2.43. The molecule has 0 aromatic rings. The van der Waals surface area contributed by atoms with E-state index in [1.807, 2.05) is 0 Å². The Morgan fingerprint density at radius 3 is 3.23 bits per heavy atom. The Hall–Kier alpha value is -0.380. The molecule has 0 saturated carbocycles. The summed E-state index contributed by atoms with van der Waals surface area (Å²) >= 11 is 0. The van der Waals surface area contributed by atoms with Gasteiger partial charge in [-0.2, -0.15) is 0 Å². The summed E-state index contributed by atoms with van der Waals surface area (Å²) < 4.78 is 5.38. The van der Waals surface area contributed by atoms with Crippen LogP contribution in [-0.2, 0) is 4.74 Å². The molecule has 1 aliphatic rings. The van der Waals surface area contributed by atoms with Crippen molar-refractivity contribution in [2.75, 3.05) is 26.4 Å². The maximum atomic E-state index is 9.01. The van der Waals surface area contributed by atoms with Gasteiger partial charge < -0.3 is 15.2 Å². The first-order valence-corrected chi connectivity index (χ1v) is 4.93. The second-order valence-electron chi connectivity index (χ2n) is 3.47. The minimum atomic E-state index is 0.163. The summed E-state index contributed by atoms with van der Waals surface area (Å²) in [5.41, 5.74) is 1.09. The van der Waals surface area contributed by atoms with Crippen LogP contribution in [0.4, 0.5) is 0 Å². The van der Waals surface area contributed by atoms with Gasteiger partial charge in [-0.3, -0.25) is 0 Å². The van der Waals surface area contributed by atoms with Gasteiger partial charge in [-0.15, -0.1) is 0 Å². The zero-order chi connectivity index (χ0) is 9.52. The van der Waals surface area contributed by atoms with E-state index in [0.717, 1.165) is 38.2 Å². The van der Waals surface area contributed by atoms with Crippen molar-refractivity contribution in [3.8, 4) is 0 Å². The number of rotatable bonds is 1. The zero-order valence-electron chi connectivity index (χ0n) is 8.25. The average Bonchev–Trinajstić information content (AvgIpc) is 2.16. The highest BCUT2D eigenvalue weighted by Crippen LogP contribution is 2.05. The molecule has 76 valence electrons. The first kappa shape index (κ1) is 10.7. The Kier molecular flexibility index (Phi) is 5.05. The highest BCUT2D eigenvalue weighted by molar-refractivity contribution is 5.03. The quantitative estimate of drug-likeness (QED) is 0.591. The summed E-state index contributed by atoms with van der Waals surface area (Å²) in [5.74, 6) is 0. The van der Waals surface area contributed by atoms with Crippen molar-refractivity contribution in [1.29, 1.82) is 0 Å². The molecule has 2 N–H and O–H groups in total. The molecule has 1 rings (SSSR count). The van der Waals surface area contributed by atoms with E-state index in [9.17, 15) is 0 Å². The number of aliphatic hydroxyl groups is 1. The van der Waals surface area contributed by atoms with E-state index >= 15 is 0 Å². The molecular weight excluding hydrogens is 166 g/mol. The maximum absolute atomic E-state index is 9.01. The van der Waals surface area contributed by atoms with Crippen LogP contribution in [-0.4, -0.2) is 37.5 Å². The molecule has 1 aliphatic heterocycles. The summed E-state index contributed by atoms with van der Waals surface area (Å²) in [4.78, 5) is 0. The molecule has 0 aromatic heterocycles. The highest BCUT2D eigenvalue weighted by atomic mass is 16.5. The Labute approximate surface area is 79.8 Å². The van der Waals surface area contributed by atoms with Gasteiger partial charge in [-0.25, -0.2) is 0 Å². The molecule has 3 nitrogen and oxygen atoms in total. The molecular formula is C10H19NO2. The number of aliphatic hydroxyl groups excluding tert-OH is 1. The van der Waals surface area contributed by atoms with Gasteiger partial charge in [0, 0.05) is 12.6 Å². The largest absolute Gasteiger partial charge is 0.392 e. The maximum Gasteiger partial charge on any atom is 0.0642 e. The van der Waals surface area contributed by atoms with E-state index in [-0.39, 0.29) is 6.61 Å². The van der Waals surface area contributed by atoms with Crippen LogP contribution >= 0.6 is 0 Å². The molecule has 1 atom stereocenters. The summed E-state index contributed by atoms with van der Waals surface area (Å²) in [6, 6.07) is 0.475. The predicted molar refractivity (Wildman–Crippen MR) is 52.7 cm³/mol. The van der Waals surface area contributed by atoms with Gasteiger partial charge in [0.15, 0.2) is 0 Å². The van der Waals surface area contributed by atoms with E-state index in [1.54, 1.807) is 0 Å². The van der Waals surface area contributed by atoms with Crippen LogP contribution in [0, 0.1) is 0 Å². The molecule has 1 heterocycles. The summed E-state index contributed by atoms with van der Waals surface area (Å²) in [6.45, 7) is 4.72. The van der Waals surface area contributed by atoms with Crippen molar-refractivity contribution in [2.24, 2.45) is 0 Å². The molecule has 1 unspecified atom stereocenters. The van der Waals surface area contributed by atoms with Crippen LogP contribution in [0.2, 0.25) is 0 Å². The van der Waals surface area contributed by atoms with E-state index in [2.05, 4.69) is 18.3 Å². The Morgan fingerprint density at radius 1 is 1.62 bits per heavy atom. The second-order valence-corrected chi connectivity index (χ2v) is 3.47. The van der Waals surface area contributed by atoms with Gasteiger partial charge in [0.1, 0.15) is 0 Å². The lowest BCUT2D eigenvalue weighted by Crippen LogP contribution is -2.29. The molecule has 0 radical (unpaired) electrons. The lowest BCUT2D eigenvalue weighted by Gasteiger charge is -2.15. The molecule has 13 heavy (non-hydrogen) atoms. The lowest BCUT2D eigenvalue weighted by molar-refractivity contribution is 0.133. The number of hydrogen-bond donors (Lipinski definition) is 2. The molecule has 0 saturated heterocycles. The number of ether oxygens (including phenoxy) is 1. The zero-order valence-corrected chi connectivity index (χ0v) is 8.25. The van der Waals surface area contributed by atoms with Gasteiger partial charge in [0.25, 0.3) is 0 Å². The van der Waals surface area contributed by atoms with Crippen molar-refractivity contribution in [2.45, 2.75) is 25.8 Å². The first-order valence-electron chi connectivity index (χ1n) is 4.93. The van der Waals surface area contributed by atoms with E-state index in [1.165, 1.54) is 0 Å². The number of hydrogen-bond acceptors (Lipinski definition) is 3. The van der Waals surface area contributed by atoms with E-state index in [0.29, 0.717) is 6.04 Å². The van der Waals surface area contributed by atoms with Crippen LogP contribution in [0.1, 0.15) is 19.8 Å². The van der Waals surface area contributed by atoms with Crippen LogP contribution < -0.4 is 5.32 Å². The molecule has 0 aliphatic carbocycles. The Bertz CT molecular complexity index is 168. The van der Waals surface area contributed by atoms with E-state index < -0.39 is 0 Å². The average molecular weight is 185 g/mol. The summed E-state index contributed by atoms with van der Waals surface area (Å²) in [5, 5.41) is 12.4. The third-order valence-corrected chi connectivity index (χ3v) is 2.27. The predicted octanol–water partition coefficient (Wildman–Crippen LogP) is 0.694. The monoisotopic (exact) mass is 185 g/mol. The fourth-order valence-corrected chi connectivity index (χ4v) is 1.36. The molecule has 0 spiro atoms. The first-order chi connectivity index (χ1) is 6.33. The third kappa shape index (κ3) is 4.41. The molecule has 0 fully saturated rings. The van der Waals surface area contributed by atoms with Gasteiger partial charge >= 0.3 is 0 Å². The van der Waals surface area contributed by atoms with Gasteiger partial charge in [-0.05, 0) is 25.3 Å². The van der Waals surface area contributed by atoms with Gasteiger partial charge in [-0.1, -0.05) is 6.08 Å². The van der Waals surface area contributed by atoms with Crippen LogP contribution in [0.25, 0.3) is 0 Å². The minimum absolute atomic E-state index is 0.163. The van der Waals surface area contributed by atoms with Crippen molar-refractivity contribution in [3.05, 3.63) is 11.6 Å². The van der Waals surface area contributed by atoms with Crippen LogP contribution in [0.15, 0.2) is 11.6 Å². The Morgan fingerprint density at radius 2 is 2.46 bits per heavy atom. The third-order valence-electron chi connectivity index (χ3n) is 2.27. The van der Waals surface area contributed by atoms with E-state index in [4.69, 9.17) is 9.84 Å². The minimum Gasteiger partial charge on any atom is -0.392 e. The van der Waals surface area contributed by atoms with Gasteiger partial charge in [0.2, 0.25) is 0 Å². The van der Waals surface area contributed by atoms with Crippen molar-refractivity contribution < 1.29 is 9.84 Å². The summed E-state index contributed by atoms with van der Waals surface area (Å²) in [6.07, 6.45) is 3.98. The topological polar surface area (TPSA) is 41.5 Å².